The second-order valence-electron chi connectivity index (χ2n) is 5.19. The van der Waals surface area contributed by atoms with E-state index in [9.17, 15) is 4.79 Å². The van der Waals surface area contributed by atoms with Crippen LogP contribution in [0.4, 0.5) is 5.82 Å². The van der Waals surface area contributed by atoms with Crippen LogP contribution >= 0.6 is 15.9 Å². The van der Waals surface area contributed by atoms with Gasteiger partial charge in [0, 0.05) is 22.9 Å². The van der Waals surface area contributed by atoms with E-state index in [1.54, 1.807) is 0 Å². The molecule has 0 unspecified atom stereocenters. The maximum atomic E-state index is 11.4. The van der Waals surface area contributed by atoms with E-state index < -0.39 is 0 Å². The third-order valence-electron chi connectivity index (χ3n) is 3.78. The van der Waals surface area contributed by atoms with Gasteiger partial charge in [-0.3, -0.25) is 4.79 Å². The van der Waals surface area contributed by atoms with Crippen LogP contribution in [0.15, 0.2) is 34.8 Å². The Morgan fingerprint density at radius 2 is 2.20 bits per heavy atom. The summed E-state index contributed by atoms with van der Waals surface area (Å²) in [6, 6.07) is 10.1. The number of primary amides is 1. The first-order chi connectivity index (χ1) is 9.63. The zero-order chi connectivity index (χ0) is 14.1. The lowest BCUT2D eigenvalue weighted by Gasteiger charge is -2.32. The highest BCUT2D eigenvalue weighted by molar-refractivity contribution is 9.10. The summed E-state index contributed by atoms with van der Waals surface area (Å²) in [5.74, 6) is 0.649. The molecule has 104 valence electrons. The topological polar surface area (TPSA) is 59.2 Å². The minimum atomic E-state index is -0.209. The van der Waals surface area contributed by atoms with Gasteiger partial charge in [-0.25, -0.2) is 4.98 Å². The molecule has 1 aliphatic rings. The van der Waals surface area contributed by atoms with Crippen LogP contribution in [-0.2, 0) is 4.79 Å². The molecule has 5 heteroatoms. The van der Waals surface area contributed by atoms with Gasteiger partial charge < -0.3 is 10.6 Å². The van der Waals surface area contributed by atoms with Gasteiger partial charge in [0.15, 0.2) is 0 Å². The van der Waals surface area contributed by atoms with Gasteiger partial charge in [0.2, 0.25) is 5.91 Å². The summed E-state index contributed by atoms with van der Waals surface area (Å²) in [6.07, 6.45) is 1.86. The van der Waals surface area contributed by atoms with Crippen molar-refractivity contribution in [3.05, 3.63) is 34.8 Å². The zero-order valence-electron chi connectivity index (χ0n) is 11.1. The largest absolute Gasteiger partial charge is 0.369 e. The molecule has 0 spiro atoms. The van der Waals surface area contributed by atoms with Gasteiger partial charge in [-0.05, 0) is 43.2 Å². The van der Waals surface area contributed by atoms with E-state index in [0.717, 1.165) is 40.6 Å². The fraction of sp³-hybridized carbons (Fsp3) is 0.333. The molecule has 20 heavy (non-hydrogen) atoms. The highest BCUT2D eigenvalue weighted by atomic mass is 79.9. The first-order valence-electron chi connectivity index (χ1n) is 6.74. The molecule has 1 saturated heterocycles. The van der Waals surface area contributed by atoms with Crippen molar-refractivity contribution in [3.63, 3.8) is 0 Å². The summed E-state index contributed by atoms with van der Waals surface area (Å²) in [5, 5.41) is 1.10. The van der Waals surface area contributed by atoms with Gasteiger partial charge in [-0.1, -0.05) is 15.9 Å². The SMILES string of the molecule is NC(=O)[C@@H]1CCCN(c2ccc3cc(Br)ccc3n2)C1. The molecule has 1 amide bonds. The van der Waals surface area contributed by atoms with E-state index in [1.165, 1.54) is 0 Å². The van der Waals surface area contributed by atoms with Crippen molar-refractivity contribution in [2.75, 3.05) is 18.0 Å². The van der Waals surface area contributed by atoms with Crippen molar-refractivity contribution in [2.24, 2.45) is 11.7 Å². The number of piperidine rings is 1. The van der Waals surface area contributed by atoms with Crippen LogP contribution < -0.4 is 10.6 Å². The maximum Gasteiger partial charge on any atom is 0.222 e. The predicted octanol–water partition coefficient (Wildman–Crippen LogP) is 2.70. The number of pyridine rings is 1. The molecular formula is C15H16BrN3O. The molecule has 2 heterocycles. The van der Waals surface area contributed by atoms with E-state index in [2.05, 4.69) is 37.9 Å². The maximum absolute atomic E-state index is 11.4. The molecule has 1 aromatic carbocycles. The number of fused-ring (bicyclic) bond motifs is 1. The number of aromatic nitrogens is 1. The number of nitrogens with two attached hydrogens (primary N) is 1. The fourth-order valence-electron chi connectivity index (χ4n) is 2.68. The third kappa shape index (κ3) is 2.63. The number of carbonyl (C=O) groups excluding carboxylic acids is 1. The third-order valence-corrected chi connectivity index (χ3v) is 4.28. The number of rotatable bonds is 2. The number of amides is 1. The van der Waals surface area contributed by atoms with E-state index in [1.807, 2.05) is 18.2 Å². The molecule has 0 aliphatic carbocycles. The number of benzene rings is 1. The van der Waals surface area contributed by atoms with Crippen LogP contribution in [0.5, 0.6) is 0 Å². The highest BCUT2D eigenvalue weighted by Gasteiger charge is 2.24. The van der Waals surface area contributed by atoms with Crippen molar-refractivity contribution >= 4 is 38.6 Å². The number of hydrogen-bond acceptors (Lipinski definition) is 3. The number of nitrogens with zero attached hydrogens (tertiary/aromatic N) is 2. The van der Waals surface area contributed by atoms with Crippen molar-refractivity contribution in [2.45, 2.75) is 12.8 Å². The lowest BCUT2D eigenvalue weighted by atomic mass is 9.97. The van der Waals surface area contributed by atoms with Crippen LogP contribution in [0.2, 0.25) is 0 Å². The van der Waals surface area contributed by atoms with Gasteiger partial charge in [0.1, 0.15) is 5.82 Å². The fourth-order valence-corrected chi connectivity index (χ4v) is 3.06. The number of hydrogen-bond donors (Lipinski definition) is 1. The number of halogens is 1. The Morgan fingerprint density at radius 1 is 1.35 bits per heavy atom. The molecule has 1 aromatic heterocycles. The summed E-state index contributed by atoms with van der Waals surface area (Å²) in [5.41, 5.74) is 6.39. The second kappa shape index (κ2) is 5.40. The Balaban J connectivity index is 1.90. The van der Waals surface area contributed by atoms with Crippen LogP contribution in [0.25, 0.3) is 10.9 Å². The Bertz CT molecular complexity index is 659. The summed E-state index contributed by atoms with van der Waals surface area (Å²) >= 11 is 3.46. The van der Waals surface area contributed by atoms with Gasteiger partial charge in [-0.15, -0.1) is 0 Å². The van der Waals surface area contributed by atoms with Crippen LogP contribution in [0.3, 0.4) is 0 Å². The highest BCUT2D eigenvalue weighted by Crippen LogP contribution is 2.25. The number of anilines is 1. The quantitative estimate of drug-likeness (QED) is 0.919. The Labute approximate surface area is 126 Å². The molecule has 4 nitrogen and oxygen atoms in total. The van der Waals surface area contributed by atoms with Gasteiger partial charge >= 0.3 is 0 Å². The molecule has 0 radical (unpaired) electrons. The summed E-state index contributed by atoms with van der Waals surface area (Å²) in [6.45, 7) is 1.60. The average molecular weight is 334 g/mol. The zero-order valence-corrected chi connectivity index (χ0v) is 12.6. The minimum Gasteiger partial charge on any atom is -0.369 e. The van der Waals surface area contributed by atoms with E-state index in [0.29, 0.717) is 6.54 Å². The average Bonchev–Trinajstić information content (AvgIpc) is 2.47. The summed E-state index contributed by atoms with van der Waals surface area (Å²) in [7, 11) is 0. The molecule has 1 aliphatic heterocycles. The van der Waals surface area contributed by atoms with Gasteiger partial charge in [-0.2, -0.15) is 0 Å². The number of carbonyl (C=O) groups is 1. The van der Waals surface area contributed by atoms with Gasteiger partial charge in [0.25, 0.3) is 0 Å². The standard InChI is InChI=1S/C15H16BrN3O/c16-12-4-5-13-10(8-12)3-6-14(18-13)19-7-1-2-11(9-19)15(17)20/h3-6,8,11H,1-2,7,9H2,(H2,17,20)/t11-/m1/s1. The first kappa shape index (κ1) is 13.4. The second-order valence-corrected chi connectivity index (χ2v) is 6.11. The monoisotopic (exact) mass is 333 g/mol. The Kier molecular flexibility index (Phi) is 3.61. The molecule has 2 aromatic rings. The summed E-state index contributed by atoms with van der Waals surface area (Å²) < 4.78 is 1.05. The lowest BCUT2D eigenvalue weighted by molar-refractivity contribution is -0.122. The van der Waals surface area contributed by atoms with E-state index in [-0.39, 0.29) is 11.8 Å². The molecule has 1 atom stereocenters. The van der Waals surface area contributed by atoms with Crippen molar-refractivity contribution in [1.29, 1.82) is 0 Å². The van der Waals surface area contributed by atoms with Crippen LogP contribution in [0, 0.1) is 5.92 Å². The predicted molar refractivity (Wildman–Crippen MR) is 83.6 cm³/mol. The van der Waals surface area contributed by atoms with Crippen molar-refractivity contribution in [1.82, 2.24) is 4.98 Å². The normalized spacial score (nSPS) is 19.2. The van der Waals surface area contributed by atoms with E-state index in [4.69, 9.17) is 5.73 Å². The van der Waals surface area contributed by atoms with Gasteiger partial charge in [0.05, 0.1) is 11.4 Å². The van der Waals surface area contributed by atoms with Crippen molar-refractivity contribution < 1.29 is 4.79 Å². The molecular weight excluding hydrogens is 318 g/mol. The van der Waals surface area contributed by atoms with Crippen LogP contribution in [0.1, 0.15) is 12.8 Å². The molecule has 1 fully saturated rings. The molecule has 0 saturated carbocycles. The molecule has 0 bridgehead atoms. The first-order valence-corrected chi connectivity index (χ1v) is 7.53. The minimum absolute atomic E-state index is 0.0637. The van der Waals surface area contributed by atoms with E-state index >= 15 is 0 Å². The Hall–Kier alpha value is -1.62. The smallest absolute Gasteiger partial charge is 0.222 e. The van der Waals surface area contributed by atoms with Crippen molar-refractivity contribution in [3.8, 4) is 0 Å². The molecule has 2 N–H and O–H groups in total. The van der Waals surface area contributed by atoms with Crippen LogP contribution in [-0.4, -0.2) is 24.0 Å². The summed E-state index contributed by atoms with van der Waals surface area (Å²) in [4.78, 5) is 18.2. The Morgan fingerprint density at radius 3 is 3.00 bits per heavy atom. The molecule has 3 rings (SSSR count). The lowest BCUT2D eigenvalue weighted by Crippen LogP contribution is -2.41.